The Labute approximate surface area is 75.4 Å². The van der Waals surface area contributed by atoms with Crippen molar-refractivity contribution < 1.29 is 0 Å². The van der Waals surface area contributed by atoms with Gasteiger partial charge in [0.05, 0.1) is 0 Å². The third-order valence-electron chi connectivity index (χ3n) is 2.66. The largest absolute Gasteiger partial charge is 0.329 e. The Bertz CT molecular complexity index is 141. The minimum absolute atomic E-state index is 0.616. The highest BCUT2D eigenvalue weighted by Gasteiger charge is 2.32. The molecule has 1 aliphatic carbocycles. The van der Waals surface area contributed by atoms with Gasteiger partial charge in [-0.1, -0.05) is 6.08 Å². The molecule has 12 heavy (non-hydrogen) atoms. The lowest BCUT2D eigenvalue weighted by Gasteiger charge is -2.26. The average molecular weight is 168 g/mol. The second kappa shape index (κ2) is 4.63. The van der Waals surface area contributed by atoms with Gasteiger partial charge in [-0.3, -0.25) is 0 Å². The first kappa shape index (κ1) is 9.75. The fourth-order valence-corrected chi connectivity index (χ4v) is 1.67. The molecule has 0 radical (unpaired) electrons. The van der Waals surface area contributed by atoms with Crippen LogP contribution < -0.4 is 5.73 Å². The molecule has 0 aromatic heterocycles. The van der Waals surface area contributed by atoms with E-state index in [-0.39, 0.29) is 0 Å². The van der Waals surface area contributed by atoms with Gasteiger partial charge in [0.25, 0.3) is 0 Å². The number of nitrogens with two attached hydrogens (primary N) is 1. The summed E-state index contributed by atoms with van der Waals surface area (Å²) in [6.07, 6.45) is 5.79. The average Bonchev–Trinajstić information content (AvgIpc) is 2.86. The number of hydrogen-bond donors (Lipinski definition) is 1. The van der Waals surface area contributed by atoms with Gasteiger partial charge in [0.2, 0.25) is 0 Å². The Morgan fingerprint density at radius 3 is 2.75 bits per heavy atom. The van der Waals surface area contributed by atoms with Gasteiger partial charge in [-0.25, -0.2) is 0 Å². The molecule has 0 amide bonds. The predicted octanol–water partition coefficient (Wildman–Crippen LogP) is 1.23. The lowest BCUT2D eigenvalue weighted by Crippen LogP contribution is -2.39. The lowest BCUT2D eigenvalue weighted by molar-refractivity contribution is 0.227. The quantitative estimate of drug-likeness (QED) is 0.604. The van der Waals surface area contributed by atoms with E-state index in [0.29, 0.717) is 6.04 Å². The molecule has 0 saturated heterocycles. The third-order valence-corrected chi connectivity index (χ3v) is 2.66. The summed E-state index contributed by atoms with van der Waals surface area (Å²) in [6.45, 7) is 5.62. The van der Waals surface area contributed by atoms with Crippen LogP contribution in [0.3, 0.4) is 0 Å². The normalized spacial score (nSPS) is 19.6. The standard InChI is InChI=1S/C10H20N2/c1-3-4-7-12(2)10(8-11)9-5-6-9/h3,9-10H,1,4-8,11H2,2H3. The van der Waals surface area contributed by atoms with E-state index in [9.17, 15) is 0 Å². The van der Waals surface area contributed by atoms with Crippen molar-refractivity contribution in [2.75, 3.05) is 20.1 Å². The Morgan fingerprint density at radius 1 is 1.67 bits per heavy atom. The second-order valence-electron chi connectivity index (χ2n) is 3.70. The summed E-state index contributed by atoms with van der Waals surface area (Å²) < 4.78 is 0. The third kappa shape index (κ3) is 2.61. The van der Waals surface area contributed by atoms with Crippen LogP contribution in [0.25, 0.3) is 0 Å². The van der Waals surface area contributed by atoms with Crippen LogP contribution in [0.1, 0.15) is 19.3 Å². The fraction of sp³-hybridized carbons (Fsp3) is 0.800. The number of rotatable bonds is 6. The summed E-state index contributed by atoms with van der Waals surface area (Å²) in [5, 5.41) is 0. The smallest absolute Gasteiger partial charge is 0.0243 e. The van der Waals surface area contributed by atoms with Crippen LogP contribution in [0.4, 0.5) is 0 Å². The first-order valence-electron chi connectivity index (χ1n) is 4.80. The van der Waals surface area contributed by atoms with E-state index in [0.717, 1.165) is 25.4 Å². The van der Waals surface area contributed by atoms with E-state index >= 15 is 0 Å². The predicted molar refractivity (Wildman–Crippen MR) is 53.0 cm³/mol. The van der Waals surface area contributed by atoms with Gasteiger partial charge in [0, 0.05) is 19.1 Å². The summed E-state index contributed by atoms with van der Waals surface area (Å²) in [5.74, 6) is 0.879. The Kier molecular flexibility index (Phi) is 3.76. The van der Waals surface area contributed by atoms with Gasteiger partial charge in [-0.05, 0) is 32.2 Å². The molecular weight excluding hydrogens is 148 g/mol. The molecule has 1 aliphatic rings. The van der Waals surface area contributed by atoms with Gasteiger partial charge in [0.15, 0.2) is 0 Å². The molecule has 0 aliphatic heterocycles. The maximum atomic E-state index is 5.72. The van der Waals surface area contributed by atoms with Crippen molar-refractivity contribution in [2.45, 2.75) is 25.3 Å². The van der Waals surface area contributed by atoms with Gasteiger partial charge >= 0.3 is 0 Å². The highest BCUT2D eigenvalue weighted by Crippen LogP contribution is 2.34. The summed E-state index contributed by atoms with van der Waals surface area (Å²) in [6, 6.07) is 0.616. The zero-order valence-electron chi connectivity index (χ0n) is 8.00. The Balaban J connectivity index is 2.25. The monoisotopic (exact) mass is 168 g/mol. The summed E-state index contributed by atoms with van der Waals surface area (Å²) in [7, 11) is 2.17. The Morgan fingerprint density at radius 2 is 2.33 bits per heavy atom. The van der Waals surface area contributed by atoms with Crippen LogP contribution in [0.5, 0.6) is 0 Å². The van der Waals surface area contributed by atoms with Gasteiger partial charge in [-0.15, -0.1) is 6.58 Å². The van der Waals surface area contributed by atoms with Crippen molar-refractivity contribution in [3.63, 3.8) is 0 Å². The van der Waals surface area contributed by atoms with Crippen LogP contribution in [0.2, 0.25) is 0 Å². The molecular formula is C10H20N2. The highest BCUT2D eigenvalue weighted by molar-refractivity contribution is 4.88. The van der Waals surface area contributed by atoms with E-state index in [1.54, 1.807) is 0 Å². The second-order valence-corrected chi connectivity index (χ2v) is 3.70. The van der Waals surface area contributed by atoms with E-state index in [2.05, 4.69) is 18.5 Å². The van der Waals surface area contributed by atoms with E-state index in [1.807, 2.05) is 6.08 Å². The number of hydrogen-bond acceptors (Lipinski definition) is 2. The number of nitrogens with zero attached hydrogens (tertiary/aromatic N) is 1. The maximum absolute atomic E-state index is 5.72. The molecule has 2 nitrogen and oxygen atoms in total. The molecule has 1 saturated carbocycles. The molecule has 2 N–H and O–H groups in total. The highest BCUT2D eigenvalue weighted by atomic mass is 15.1. The van der Waals surface area contributed by atoms with Gasteiger partial charge in [-0.2, -0.15) is 0 Å². The lowest BCUT2D eigenvalue weighted by atomic mass is 10.1. The molecule has 0 heterocycles. The topological polar surface area (TPSA) is 29.3 Å². The van der Waals surface area contributed by atoms with E-state index in [1.165, 1.54) is 12.8 Å². The molecule has 1 fully saturated rings. The van der Waals surface area contributed by atoms with E-state index in [4.69, 9.17) is 5.73 Å². The van der Waals surface area contributed by atoms with Crippen molar-refractivity contribution in [1.82, 2.24) is 4.90 Å². The first-order valence-corrected chi connectivity index (χ1v) is 4.80. The van der Waals surface area contributed by atoms with Crippen molar-refractivity contribution in [2.24, 2.45) is 11.7 Å². The van der Waals surface area contributed by atoms with E-state index < -0.39 is 0 Å². The molecule has 70 valence electrons. The minimum atomic E-state index is 0.616. The fourth-order valence-electron chi connectivity index (χ4n) is 1.67. The molecule has 0 spiro atoms. The van der Waals surface area contributed by atoms with Crippen LogP contribution in [-0.2, 0) is 0 Å². The maximum Gasteiger partial charge on any atom is 0.0243 e. The Hall–Kier alpha value is -0.340. The SMILES string of the molecule is C=CCCN(C)C(CN)C1CC1. The molecule has 1 atom stereocenters. The van der Waals surface area contributed by atoms with Crippen molar-refractivity contribution >= 4 is 0 Å². The molecule has 1 unspecified atom stereocenters. The van der Waals surface area contributed by atoms with Gasteiger partial charge < -0.3 is 10.6 Å². The summed E-state index contributed by atoms with van der Waals surface area (Å²) in [4.78, 5) is 2.37. The number of likely N-dealkylation sites (N-methyl/N-ethyl adjacent to an activating group) is 1. The molecule has 1 rings (SSSR count). The zero-order chi connectivity index (χ0) is 8.97. The molecule has 0 aromatic carbocycles. The molecule has 0 bridgehead atoms. The molecule has 0 aromatic rings. The molecule has 2 heteroatoms. The van der Waals surface area contributed by atoms with Crippen LogP contribution in [0.15, 0.2) is 12.7 Å². The first-order chi connectivity index (χ1) is 5.79. The van der Waals surface area contributed by atoms with Crippen molar-refractivity contribution in [1.29, 1.82) is 0 Å². The zero-order valence-corrected chi connectivity index (χ0v) is 8.00. The van der Waals surface area contributed by atoms with Gasteiger partial charge in [0.1, 0.15) is 0 Å². The summed E-state index contributed by atoms with van der Waals surface area (Å²) in [5.41, 5.74) is 5.72. The minimum Gasteiger partial charge on any atom is -0.329 e. The summed E-state index contributed by atoms with van der Waals surface area (Å²) >= 11 is 0. The van der Waals surface area contributed by atoms with Crippen LogP contribution in [0, 0.1) is 5.92 Å². The van der Waals surface area contributed by atoms with Crippen molar-refractivity contribution in [3.05, 3.63) is 12.7 Å². The van der Waals surface area contributed by atoms with Crippen molar-refractivity contribution in [3.8, 4) is 0 Å². The van der Waals surface area contributed by atoms with Crippen LogP contribution in [-0.4, -0.2) is 31.1 Å². The van der Waals surface area contributed by atoms with Crippen LogP contribution >= 0.6 is 0 Å².